The van der Waals surface area contributed by atoms with Gasteiger partial charge in [0.2, 0.25) is 5.91 Å². The fraction of sp³-hybridized carbons (Fsp3) is 0.148. The fourth-order valence-corrected chi connectivity index (χ4v) is 6.28. The van der Waals surface area contributed by atoms with Gasteiger partial charge in [-0.3, -0.25) is 14.7 Å². The Labute approximate surface area is 212 Å². The average molecular weight is 502 g/mol. The van der Waals surface area contributed by atoms with Crippen LogP contribution in [0.15, 0.2) is 101 Å². The quantitative estimate of drug-likeness (QED) is 0.375. The third kappa shape index (κ3) is 4.91. The van der Waals surface area contributed by atoms with Crippen LogP contribution < -0.4 is 5.73 Å². The van der Waals surface area contributed by atoms with E-state index in [9.17, 15) is 9.59 Å². The summed E-state index contributed by atoms with van der Waals surface area (Å²) in [4.78, 5) is 32.7. The van der Waals surface area contributed by atoms with E-state index in [0.717, 1.165) is 21.6 Å². The number of thioether (sulfide) groups is 2. The highest BCUT2D eigenvalue weighted by Gasteiger charge is 2.52. The molecule has 2 aromatic carbocycles. The minimum atomic E-state index is -0.612. The van der Waals surface area contributed by atoms with Crippen LogP contribution >= 0.6 is 23.5 Å². The van der Waals surface area contributed by atoms with E-state index in [2.05, 4.69) is 4.98 Å². The van der Waals surface area contributed by atoms with Crippen LogP contribution in [0.25, 0.3) is 6.08 Å². The predicted octanol–water partition coefficient (Wildman–Crippen LogP) is 4.57. The Morgan fingerprint density at radius 3 is 2.40 bits per heavy atom. The number of rotatable bonds is 7. The molecule has 0 saturated carbocycles. The van der Waals surface area contributed by atoms with Gasteiger partial charge in [0.05, 0.1) is 0 Å². The number of β-lactam (4-membered cyclic amide) rings is 1. The number of carbonyl (C=O) groups is 2. The van der Waals surface area contributed by atoms with Gasteiger partial charge in [-0.05, 0) is 34.2 Å². The Balaban J connectivity index is 1.46. The smallest absolute Gasteiger partial charge is 0.356 e. The lowest BCUT2D eigenvalue weighted by Gasteiger charge is -2.48. The second-order valence-corrected chi connectivity index (χ2v) is 10.1. The number of esters is 1. The second-order valence-electron chi connectivity index (χ2n) is 8.02. The molecule has 3 heterocycles. The third-order valence-corrected chi connectivity index (χ3v) is 8.13. The summed E-state index contributed by atoms with van der Waals surface area (Å²) < 4.78 is 6.10. The van der Waals surface area contributed by atoms with E-state index in [1.54, 1.807) is 24.2 Å². The summed E-state index contributed by atoms with van der Waals surface area (Å²) >= 11 is 2.96. The van der Waals surface area contributed by atoms with E-state index in [1.807, 2.05) is 84.3 Å². The summed E-state index contributed by atoms with van der Waals surface area (Å²) in [5.41, 5.74) is 8.96. The van der Waals surface area contributed by atoms with Gasteiger partial charge >= 0.3 is 5.97 Å². The highest BCUT2D eigenvalue weighted by Crippen LogP contribution is 2.44. The molecule has 6 nitrogen and oxygen atoms in total. The van der Waals surface area contributed by atoms with Crippen LogP contribution in [0.4, 0.5) is 0 Å². The maximum absolute atomic E-state index is 13.7. The molecule has 1 unspecified atom stereocenters. The Kier molecular flexibility index (Phi) is 7.03. The maximum atomic E-state index is 13.7. The van der Waals surface area contributed by atoms with Crippen molar-refractivity contribution >= 4 is 41.5 Å². The average Bonchev–Trinajstić information content (AvgIpc) is 2.92. The van der Waals surface area contributed by atoms with E-state index < -0.39 is 18.1 Å². The largest absolute Gasteiger partial charge is 0.448 e. The molecule has 35 heavy (non-hydrogen) atoms. The van der Waals surface area contributed by atoms with E-state index in [0.29, 0.717) is 5.75 Å². The van der Waals surface area contributed by atoms with Crippen LogP contribution in [0.1, 0.15) is 22.8 Å². The van der Waals surface area contributed by atoms with Gasteiger partial charge in [0.15, 0.2) is 6.10 Å². The van der Waals surface area contributed by atoms with Crippen molar-refractivity contribution in [2.24, 2.45) is 5.73 Å². The number of pyridine rings is 1. The first kappa shape index (κ1) is 23.4. The van der Waals surface area contributed by atoms with Gasteiger partial charge in [-0.2, -0.15) is 0 Å². The van der Waals surface area contributed by atoms with E-state index >= 15 is 0 Å². The topological polar surface area (TPSA) is 85.5 Å². The van der Waals surface area contributed by atoms with Gasteiger partial charge in [0.1, 0.15) is 17.1 Å². The minimum Gasteiger partial charge on any atom is -0.448 e. The molecule has 1 amide bonds. The first-order valence-corrected chi connectivity index (χ1v) is 13.0. The standard InChI is InChI=1S/C27H23N3O3S2/c28-22-25(31)30-23(21(17-35-26(22)30)34-15-13-18-8-7-14-29-16-18)27(32)33-24(19-9-3-1-4-10-19)20-11-5-2-6-12-20/h1-16,22,24,26H,17,28H2/b15-13-/t22?,26-/m1/s1. The van der Waals surface area contributed by atoms with Crippen molar-refractivity contribution in [2.45, 2.75) is 17.5 Å². The third-order valence-electron chi connectivity index (χ3n) is 5.75. The molecule has 8 heteroatoms. The van der Waals surface area contributed by atoms with Crippen molar-refractivity contribution in [1.29, 1.82) is 0 Å². The number of hydrogen-bond acceptors (Lipinski definition) is 7. The lowest BCUT2D eigenvalue weighted by atomic mass is 10.0. The molecular formula is C27H23N3O3S2. The summed E-state index contributed by atoms with van der Waals surface area (Å²) in [6.45, 7) is 0. The molecule has 0 bridgehead atoms. The second kappa shape index (κ2) is 10.5. The Bertz CT molecular complexity index is 1230. The predicted molar refractivity (Wildman–Crippen MR) is 140 cm³/mol. The summed E-state index contributed by atoms with van der Waals surface area (Å²) in [6, 6.07) is 22.4. The van der Waals surface area contributed by atoms with Crippen LogP contribution in [-0.2, 0) is 14.3 Å². The monoisotopic (exact) mass is 501 g/mol. The molecule has 2 N–H and O–H groups in total. The molecule has 5 rings (SSSR count). The molecule has 0 spiro atoms. The molecule has 1 fully saturated rings. The van der Waals surface area contributed by atoms with Gasteiger partial charge in [-0.15, -0.1) is 11.8 Å². The van der Waals surface area contributed by atoms with Crippen LogP contribution in [0.3, 0.4) is 0 Å². The first-order chi connectivity index (χ1) is 17.1. The SMILES string of the molecule is NC1C(=O)N2C(C(=O)OC(c3ccccc3)c3ccccc3)=C(S/C=C\c3cccnc3)CS[C@H]12. The molecule has 2 atom stereocenters. The van der Waals surface area contributed by atoms with E-state index in [1.165, 1.54) is 16.7 Å². The van der Waals surface area contributed by atoms with Crippen LogP contribution in [-0.4, -0.2) is 38.9 Å². The van der Waals surface area contributed by atoms with Gasteiger partial charge in [-0.25, -0.2) is 4.79 Å². The van der Waals surface area contributed by atoms with Crippen molar-refractivity contribution in [3.63, 3.8) is 0 Å². The number of amides is 1. The minimum absolute atomic E-state index is 0.261. The number of carbonyl (C=O) groups excluding carboxylic acids is 2. The first-order valence-electron chi connectivity index (χ1n) is 11.1. The number of hydrogen-bond donors (Lipinski definition) is 1. The van der Waals surface area contributed by atoms with E-state index in [4.69, 9.17) is 10.5 Å². The van der Waals surface area contributed by atoms with Gasteiger partial charge in [0.25, 0.3) is 0 Å². The lowest BCUT2D eigenvalue weighted by Crippen LogP contribution is -2.68. The van der Waals surface area contributed by atoms with Gasteiger partial charge < -0.3 is 10.5 Å². The zero-order valence-corrected chi connectivity index (χ0v) is 20.3. The molecule has 3 aromatic rings. The highest BCUT2D eigenvalue weighted by atomic mass is 32.2. The van der Waals surface area contributed by atoms with E-state index in [-0.39, 0.29) is 17.0 Å². The van der Waals surface area contributed by atoms with Crippen LogP contribution in [0.2, 0.25) is 0 Å². The van der Waals surface area contributed by atoms with Crippen molar-refractivity contribution in [3.8, 4) is 0 Å². The summed E-state index contributed by atoms with van der Waals surface area (Å²) in [6.07, 6.45) is 4.79. The number of nitrogens with zero attached hydrogens (tertiary/aromatic N) is 2. The molecule has 0 aliphatic carbocycles. The zero-order chi connectivity index (χ0) is 24.2. The molecule has 0 radical (unpaired) electrons. The number of nitrogens with two attached hydrogens (primary N) is 1. The van der Waals surface area contributed by atoms with Crippen molar-refractivity contribution in [1.82, 2.24) is 9.88 Å². The molecule has 1 aromatic heterocycles. The van der Waals surface area contributed by atoms with Crippen LogP contribution in [0, 0.1) is 0 Å². The zero-order valence-electron chi connectivity index (χ0n) is 18.7. The molecule has 1 saturated heterocycles. The Morgan fingerprint density at radius 2 is 1.77 bits per heavy atom. The Morgan fingerprint density at radius 1 is 1.09 bits per heavy atom. The molecule has 2 aliphatic heterocycles. The normalized spacial score (nSPS) is 19.6. The van der Waals surface area contributed by atoms with Crippen molar-refractivity contribution in [2.75, 3.05) is 5.75 Å². The van der Waals surface area contributed by atoms with Crippen molar-refractivity contribution < 1.29 is 14.3 Å². The van der Waals surface area contributed by atoms with Gasteiger partial charge in [0, 0.05) is 23.1 Å². The number of fused-ring (bicyclic) bond motifs is 1. The number of benzene rings is 2. The summed E-state index contributed by atoms with van der Waals surface area (Å²) in [7, 11) is 0. The van der Waals surface area contributed by atoms with Gasteiger partial charge in [-0.1, -0.05) is 78.5 Å². The van der Waals surface area contributed by atoms with Crippen LogP contribution in [0.5, 0.6) is 0 Å². The molecule has 176 valence electrons. The van der Waals surface area contributed by atoms with Crippen molar-refractivity contribution in [3.05, 3.63) is 118 Å². The fourth-order valence-electron chi connectivity index (χ4n) is 3.98. The highest BCUT2D eigenvalue weighted by molar-refractivity contribution is 8.08. The number of ether oxygens (including phenoxy) is 1. The number of aromatic nitrogens is 1. The Hall–Kier alpha value is -3.33. The molecular weight excluding hydrogens is 478 g/mol. The maximum Gasteiger partial charge on any atom is 0.356 e. The summed E-state index contributed by atoms with van der Waals surface area (Å²) in [5.74, 6) is -0.235. The lowest BCUT2D eigenvalue weighted by molar-refractivity contribution is -0.152. The summed E-state index contributed by atoms with van der Waals surface area (Å²) in [5, 5.41) is 1.64. The molecule has 2 aliphatic rings.